The second-order valence-electron chi connectivity index (χ2n) is 7.27. The summed E-state index contributed by atoms with van der Waals surface area (Å²) in [6.45, 7) is 2.04. The zero-order chi connectivity index (χ0) is 20.3. The first-order chi connectivity index (χ1) is 13.5. The average molecular weight is 428 g/mol. The van der Waals surface area contributed by atoms with Gasteiger partial charge in [-0.05, 0) is 31.4 Å². The first-order valence-electron chi connectivity index (χ1n) is 9.62. The van der Waals surface area contributed by atoms with E-state index in [-0.39, 0.29) is 36.2 Å². The Balaban J connectivity index is 0.00000300. The Bertz CT molecular complexity index is 737. The second kappa shape index (κ2) is 10.0. The number of piperazine rings is 1. The molecule has 1 heterocycles. The van der Waals surface area contributed by atoms with E-state index in [0.717, 1.165) is 19.3 Å². The summed E-state index contributed by atoms with van der Waals surface area (Å²) in [5, 5.41) is 0. The highest BCUT2D eigenvalue weighted by Gasteiger charge is 2.34. The number of halogens is 1. The summed E-state index contributed by atoms with van der Waals surface area (Å²) in [6.07, 6.45) is 2.54. The highest BCUT2D eigenvalue weighted by Crippen LogP contribution is 2.40. The molecule has 1 saturated heterocycles. The summed E-state index contributed by atoms with van der Waals surface area (Å²) in [5.41, 5.74) is 6.35. The molecule has 2 N–H and O–H groups in total. The lowest BCUT2D eigenvalue weighted by molar-refractivity contribution is -0.136. The van der Waals surface area contributed by atoms with E-state index in [1.807, 2.05) is 4.90 Å². The highest BCUT2D eigenvalue weighted by atomic mass is 35.5. The maximum absolute atomic E-state index is 13.1. The average Bonchev–Trinajstić information content (AvgIpc) is 3.17. The SMILES string of the molecule is COc1ccc(C(=O)N2CCN(C(=O)C3CCC(N)C3)CC2)c(OC)c1OC.Cl. The van der Waals surface area contributed by atoms with Crippen molar-refractivity contribution in [2.45, 2.75) is 25.3 Å². The maximum atomic E-state index is 13.1. The van der Waals surface area contributed by atoms with Crippen LogP contribution in [0, 0.1) is 5.92 Å². The molecule has 2 unspecified atom stereocenters. The van der Waals surface area contributed by atoms with Gasteiger partial charge in [0.05, 0.1) is 26.9 Å². The number of nitrogens with two attached hydrogens (primary N) is 1. The highest BCUT2D eigenvalue weighted by molar-refractivity contribution is 5.98. The molecule has 0 bridgehead atoms. The van der Waals surface area contributed by atoms with Crippen LogP contribution in [0.15, 0.2) is 12.1 Å². The number of methoxy groups -OCH3 is 3. The van der Waals surface area contributed by atoms with Gasteiger partial charge >= 0.3 is 0 Å². The zero-order valence-electron chi connectivity index (χ0n) is 17.2. The van der Waals surface area contributed by atoms with Crippen LogP contribution in [0.3, 0.4) is 0 Å². The summed E-state index contributed by atoms with van der Waals surface area (Å²) >= 11 is 0. The minimum absolute atomic E-state index is 0. The summed E-state index contributed by atoms with van der Waals surface area (Å²) in [6, 6.07) is 3.51. The fraction of sp³-hybridized carbons (Fsp3) is 0.600. The van der Waals surface area contributed by atoms with Gasteiger partial charge in [-0.2, -0.15) is 0 Å². The Labute approximate surface area is 177 Å². The predicted molar refractivity (Wildman–Crippen MR) is 111 cm³/mol. The van der Waals surface area contributed by atoms with E-state index in [9.17, 15) is 9.59 Å². The van der Waals surface area contributed by atoms with Crippen LogP contribution < -0.4 is 19.9 Å². The van der Waals surface area contributed by atoms with Crippen LogP contribution >= 0.6 is 12.4 Å². The first-order valence-corrected chi connectivity index (χ1v) is 9.62. The zero-order valence-corrected chi connectivity index (χ0v) is 18.0. The van der Waals surface area contributed by atoms with Gasteiger partial charge in [0.15, 0.2) is 11.5 Å². The predicted octanol–water partition coefficient (Wildman–Crippen LogP) is 1.55. The summed E-state index contributed by atoms with van der Waals surface area (Å²) in [5.74, 6) is 1.30. The van der Waals surface area contributed by atoms with Gasteiger partial charge in [0.1, 0.15) is 0 Å². The monoisotopic (exact) mass is 427 g/mol. The summed E-state index contributed by atoms with van der Waals surface area (Å²) < 4.78 is 16.1. The van der Waals surface area contributed by atoms with E-state index in [2.05, 4.69) is 0 Å². The molecule has 0 radical (unpaired) electrons. The fourth-order valence-electron chi connectivity index (χ4n) is 4.07. The van der Waals surface area contributed by atoms with Crippen molar-refractivity contribution in [1.82, 2.24) is 9.80 Å². The maximum Gasteiger partial charge on any atom is 0.257 e. The quantitative estimate of drug-likeness (QED) is 0.766. The Morgan fingerprint density at radius 2 is 1.55 bits per heavy atom. The molecule has 1 saturated carbocycles. The topological polar surface area (TPSA) is 94.3 Å². The molecule has 1 aliphatic heterocycles. The molecule has 2 atom stereocenters. The molecule has 0 spiro atoms. The molecule has 2 amide bonds. The number of hydrogen-bond donors (Lipinski definition) is 1. The lowest BCUT2D eigenvalue weighted by Gasteiger charge is -2.36. The Morgan fingerprint density at radius 1 is 0.931 bits per heavy atom. The number of rotatable bonds is 5. The largest absolute Gasteiger partial charge is 0.493 e. The van der Waals surface area contributed by atoms with E-state index in [1.54, 1.807) is 17.0 Å². The minimum atomic E-state index is -0.146. The Hall–Kier alpha value is -2.19. The van der Waals surface area contributed by atoms with Gasteiger partial charge in [-0.15, -0.1) is 12.4 Å². The minimum Gasteiger partial charge on any atom is -0.493 e. The molecule has 9 heteroatoms. The molecule has 1 aromatic carbocycles. The Kier molecular flexibility index (Phi) is 7.98. The van der Waals surface area contributed by atoms with Crippen molar-refractivity contribution in [3.05, 3.63) is 17.7 Å². The molecular weight excluding hydrogens is 398 g/mol. The number of carbonyl (C=O) groups excluding carboxylic acids is 2. The standard InChI is InChI=1S/C20H29N3O5.ClH/c1-26-16-7-6-15(17(27-2)18(16)28-3)20(25)23-10-8-22(9-11-23)19(24)13-4-5-14(21)12-13;/h6-7,13-14H,4-5,8-12,21H2,1-3H3;1H. The van der Waals surface area contributed by atoms with Gasteiger partial charge in [-0.3, -0.25) is 9.59 Å². The molecule has 162 valence electrons. The van der Waals surface area contributed by atoms with E-state index in [1.165, 1.54) is 21.3 Å². The molecule has 1 aliphatic carbocycles. The number of ether oxygens (including phenoxy) is 3. The van der Waals surface area contributed by atoms with Crippen molar-refractivity contribution >= 4 is 24.2 Å². The molecule has 3 rings (SSSR count). The normalized spacial score (nSPS) is 21.4. The third-order valence-electron chi connectivity index (χ3n) is 5.64. The van der Waals surface area contributed by atoms with Crippen molar-refractivity contribution in [3.63, 3.8) is 0 Å². The summed E-state index contributed by atoms with van der Waals surface area (Å²) in [7, 11) is 4.54. The first kappa shape index (κ1) is 23.1. The van der Waals surface area contributed by atoms with Crippen LogP contribution in [-0.2, 0) is 4.79 Å². The number of nitrogens with zero attached hydrogens (tertiary/aromatic N) is 2. The fourth-order valence-corrected chi connectivity index (χ4v) is 4.07. The van der Waals surface area contributed by atoms with Gasteiger partial charge in [0, 0.05) is 38.1 Å². The third-order valence-corrected chi connectivity index (χ3v) is 5.64. The van der Waals surface area contributed by atoms with Crippen LogP contribution in [0.2, 0.25) is 0 Å². The molecule has 2 aliphatic rings. The van der Waals surface area contributed by atoms with Crippen LogP contribution in [0.4, 0.5) is 0 Å². The number of benzene rings is 1. The second-order valence-corrected chi connectivity index (χ2v) is 7.27. The number of hydrogen-bond acceptors (Lipinski definition) is 6. The van der Waals surface area contributed by atoms with E-state index in [4.69, 9.17) is 19.9 Å². The van der Waals surface area contributed by atoms with Gasteiger partial charge in [0.2, 0.25) is 11.7 Å². The van der Waals surface area contributed by atoms with Crippen molar-refractivity contribution in [2.75, 3.05) is 47.5 Å². The van der Waals surface area contributed by atoms with Crippen molar-refractivity contribution in [3.8, 4) is 17.2 Å². The van der Waals surface area contributed by atoms with Crippen LogP contribution in [0.1, 0.15) is 29.6 Å². The van der Waals surface area contributed by atoms with E-state index in [0.29, 0.717) is 49.0 Å². The van der Waals surface area contributed by atoms with Gasteiger partial charge in [0.25, 0.3) is 5.91 Å². The van der Waals surface area contributed by atoms with Crippen LogP contribution in [0.5, 0.6) is 17.2 Å². The van der Waals surface area contributed by atoms with E-state index < -0.39 is 0 Å². The molecule has 8 nitrogen and oxygen atoms in total. The van der Waals surface area contributed by atoms with Gasteiger partial charge in [-0.25, -0.2) is 0 Å². The molecule has 29 heavy (non-hydrogen) atoms. The Morgan fingerprint density at radius 3 is 2.07 bits per heavy atom. The van der Waals surface area contributed by atoms with Gasteiger partial charge < -0.3 is 29.7 Å². The van der Waals surface area contributed by atoms with Crippen molar-refractivity contribution in [2.24, 2.45) is 11.7 Å². The smallest absolute Gasteiger partial charge is 0.257 e. The molecule has 0 aromatic heterocycles. The van der Waals surface area contributed by atoms with E-state index >= 15 is 0 Å². The molecule has 1 aromatic rings. The molecule has 2 fully saturated rings. The van der Waals surface area contributed by atoms with Crippen LogP contribution in [-0.4, -0.2) is 75.2 Å². The number of amides is 2. The number of carbonyl (C=O) groups is 2. The molecular formula is C20H30ClN3O5. The van der Waals surface area contributed by atoms with Crippen molar-refractivity contribution < 1.29 is 23.8 Å². The van der Waals surface area contributed by atoms with Crippen LogP contribution in [0.25, 0.3) is 0 Å². The lowest BCUT2D eigenvalue weighted by atomic mass is 10.1. The lowest BCUT2D eigenvalue weighted by Crippen LogP contribution is -2.51. The summed E-state index contributed by atoms with van der Waals surface area (Å²) in [4.78, 5) is 29.3. The third kappa shape index (κ3) is 4.70. The van der Waals surface area contributed by atoms with Gasteiger partial charge in [-0.1, -0.05) is 0 Å². The van der Waals surface area contributed by atoms with Crippen molar-refractivity contribution in [1.29, 1.82) is 0 Å².